The van der Waals surface area contributed by atoms with Gasteiger partial charge < -0.3 is 14.3 Å². The van der Waals surface area contributed by atoms with Crippen molar-refractivity contribution in [2.75, 3.05) is 27.3 Å². The number of rotatable bonds is 7. The molecule has 1 aliphatic heterocycles. The van der Waals surface area contributed by atoms with Crippen LogP contribution in [0, 0.1) is 5.92 Å². The summed E-state index contributed by atoms with van der Waals surface area (Å²) in [5.74, 6) is 0.241. The summed E-state index contributed by atoms with van der Waals surface area (Å²) in [5.41, 5.74) is 0.625. The van der Waals surface area contributed by atoms with Crippen LogP contribution in [0.25, 0.3) is 0 Å². The van der Waals surface area contributed by atoms with Crippen molar-refractivity contribution in [2.45, 2.75) is 17.7 Å². The van der Waals surface area contributed by atoms with Gasteiger partial charge >= 0.3 is 5.97 Å². The molecule has 31 heavy (non-hydrogen) atoms. The van der Waals surface area contributed by atoms with Crippen molar-refractivity contribution >= 4 is 33.8 Å². The molecular weight excluding hydrogens is 444 g/mol. The molecule has 0 bridgehead atoms. The second kappa shape index (κ2) is 10.1. The van der Waals surface area contributed by atoms with E-state index < -0.39 is 21.9 Å². The molecule has 1 heterocycles. The molecule has 1 aliphatic rings. The standard InChI is InChI=1S/C21H23ClN2O6S/c1-28-18-6-3-16(20(13-18)29-2)14-23-30-21(25)15-9-11-24(12-10-15)31(26,27)19-7-4-17(22)5-8-19/h3-8,13-15H,9-12H2,1-2H3/b23-14+. The van der Waals surface area contributed by atoms with Crippen LogP contribution in [-0.4, -0.2) is 52.2 Å². The summed E-state index contributed by atoms with van der Waals surface area (Å²) in [6, 6.07) is 11.2. The van der Waals surface area contributed by atoms with E-state index in [-0.39, 0.29) is 18.0 Å². The molecule has 166 valence electrons. The Balaban J connectivity index is 1.56. The molecule has 2 aromatic rings. The number of hydrogen-bond acceptors (Lipinski definition) is 7. The van der Waals surface area contributed by atoms with Gasteiger partial charge in [0, 0.05) is 29.7 Å². The maximum absolute atomic E-state index is 12.7. The summed E-state index contributed by atoms with van der Waals surface area (Å²) in [6.45, 7) is 0.446. The van der Waals surface area contributed by atoms with Crippen molar-refractivity contribution in [3.8, 4) is 11.5 Å². The number of methoxy groups -OCH3 is 2. The number of oxime groups is 1. The average Bonchev–Trinajstić information content (AvgIpc) is 2.79. The molecule has 0 aliphatic carbocycles. The number of carbonyl (C=O) groups is 1. The fourth-order valence-corrected chi connectivity index (χ4v) is 4.82. The van der Waals surface area contributed by atoms with E-state index in [1.165, 1.54) is 41.9 Å². The molecule has 2 aromatic carbocycles. The zero-order valence-electron chi connectivity index (χ0n) is 17.2. The van der Waals surface area contributed by atoms with Crippen LogP contribution in [-0.2, 0) is 19.7 Å². The highest BCUT2D eigenvalue weighted by molar-refractivity contribution is 7.89. The molecule has 0 radical (unpaired) electrons. The van der Waals surface area contributed by atoms with E-state index in [1.807, 2.05) is 0 Å². The lowest BCUT2D eigenvalue weighted by Gasteiger charge is -2.29. The smallest absolute Gasteiger partial charge is 0.338 e. The molecule has 0 unspecified atom stereocenters. The first kappa shape index (κ1) is 23.1. The molecular formula is C21H23ClN2O6S. The highest BCUT2D eigenvalue weighted by atomic mass is 35.5. The van der Waals surface area contributed by atoms with Gasteiger partial charge in [-0.25, -0.2) is 13.2 Å². The van der Waals surface area contributed by atoms with Crippen molar-refractivity contribution in [1.82, 2.24) is 4.31 Å². The first-order valence-corrected chi connectivity index (χ1v) is 11.4. The maximum Gasteiger partial charge on any atom is 0.338 e. The number of carbonyl (C=O) groups excluding carboxylic acids is 1. The average molecular weight is 467 g/mol. The number of sulfonamides is 1. The van der Waals surface area contributed by atoms with Crippen LogP contribution in [0.3, 0.4) is 0 Å². The van der Waals surface area contributed by atoms with Crippen molar-refractivity contribution in [3.05, 3.63) is 53.1 Å². The molecule has 8 nitrogen and oxygen atoms in total. The largest absolute Gasteiger partial charge is 0.497 e. The Bertz CT molecular complexity index is 1050. The molecule has 0 atom stereocenters. The van der Waals surface area contributed by atoms with E-state index in [4.69, 9.17) is 25.9 Å². The number of piperidine rings is 1. The van der Waals surface area contributed by atoms with Crippen LogP contribution in [0.5, 0.6) is 11.5 Å². The Hall–Kier alpha value is -2.62. The van der Waals surface area contributed by atoms with E-state index in [1.54, 1.807) is 25.3 Å². The van der Waals surface area contributed by atoms with Gasteiger partial charge in [-0.2, -0.15) is 4.31 Å². The van der Waals surface area contributed by atoms with Gasteiger partial charge in [-0.1, -0.05) is 16.8 Å². The predicted molar refractivity (Wildman–Crippen MR) is 116 cm³/mol. The lowest BCUT2D eigenvalue weighted by Crippen LogP contribution is -2.40. The highest BCUT2D eigenvalue weighted by Crippen LogP contribution is 2.26. The minimum Gasteiger partial charge on any atom is -0.497 e. The Kier molecular flexibility index (Phi) is 7.53. The number of halogens is 1. The Morgan fingerprint density at radius 1 is 1.10 bits per heavy atom. The monoisotopic (exact) mass is 466 g/mol. The van der Waals surface area contributed by atoms with E-state index in [2.05, 4.69) is 5.16 Å². The lowest BCUT2D eigenvalue weighted by atomic mass is 9.99. The quantitative estimate of drug-likeness (QED) is 0.353. The number of nitrogens with zero attached hydrogens (tertiary/aromatic N) is 2. The molecule has 0 saturated carbocycles. The molecule has 0 spiro atoms. The normalized spacial score (nSPS) is 15.7. The van der Waals surface area contributed by atoms with Gasteiger partial charge in [0.1, 0.15) is 11.5 Å². The molecule has 1 fully saturated rings. The topological polar surface area (TPSA) is 94.5 Å². The van der Waals surface area contributed by atoms with Gasteiger partial charge in [-0.05, 0) is 49.2 Å². The minimum atomic E-state index is -3.63. The van der Waals surface area contributed by atoms with E-state index in [0.717, 1.165) is 0 Å². The number of hydrogen-bond donors (Lipinski definition) is 0. The molecule has 0 N–H and O–H groups in total. The van der Waals surface area contributed by atoms with Gasteiger partial charge in [0.25, 0.3) is 0 Å². The summed E-state index contributed by atoms with van der Waals surface area (Å²) in [4.78, 5) is 17.5. The van der Waals surface area contributed by atoms with Crippen molar-refractivity contribution in [3.63, 3.8) is 0 Å². The fraction of sp³-hybridized carbons (Fsp3) is 0.333. The van der Waals surface area contributed by atoms with Gasteiger partial charge in [-0.3, -0.25) is 0 Å². The highest BCUT2D eigenvalue weighted by Gasteiger charge is 2.33. The molecule has 10 heteroatoms. The lowest BCUT2D eigenvalue weighted by molar-refractivity contribution is -0.149. The third-order valence-electron chi connectivity index (χ3n) is 5.01. The van der Waals surface area contributed by atoms with Crippen LogP contribution in [0.4, 0.5) is 0 Å². The second-order valence-corrected chi connectivity index (χ2v) is 9.26. The number of benzene rings is 2. The van der Waals surface area contributed by atoms with Crippen LogP contribution < -0.4 is 9.47 Å². The summed E-state index contributed by atoms with van der Waals surface area (Å²) in [7, 11) is -0.556. The van der Waals surface area contributed by atoms with Gasteiger partial charge in [0.2, 0.25) is 10.0 Å². The summed E-state index contributed by atoms with van der Waals surface area (Å²) >= 11 is 5.83. The zero-order valence-corrected chi connectivity index (χ0v) is 18.7. The molecule has 0 aromatic heterocycles. The summed E-state index contributed by atoms with van der Waals surface area (Å²) < 4.78 is 37.2. The first-order valence-electron chi connectivity index (χ1n) is 9.57. The molecule has 1 saturated heterocycles. The zero-order chi connectivity index (χ0) is 22.4. The third-order valence-corrected chi connectivity index (χ3v) is 7.18. The van der Waals surface area contributed by atoms with Crippen molar-refractivity contribution in [2.24, 2.45) is 11.1 Å². The van der Waals surface area contributed by atoms with Crippen molar-refractivity contribution in [1.29, 1.82) is 0 Å². The molecule has 0 amide bonds. The van der Waals surface area contributed by atoms with Gasteiger partial charge in [0.15, 0.2) is 0 Å². The Morgan fingerprint density at radius 3 is 2.39 bits per heavy atom. The third kappa shape index (κ3) is 5.55. The van der Waals surface area contributed by atoms with Gasteiger partial charge in [0.05, 0.1) is 31.2 Å². The van der Waals surface area contributed by atoms with E-state index in [0.29, 0.717) is 34.9 Å². The van der Waals surface area contributed by atoms with E-state index >= 15 is 0 Å². The first-order chi connectivity index (χ1) is 14.8. The van der Waals surface area contributed by atoms with Crippen molar-refractivity contribution < 1.29 is 27.5 Å². The van der Waals surface area contributed by atoms with E-state index in [9.17, 15) is 13.2 Å². The number of ether oxygens (including phenoxy) is 2. The maximum atomic E-state index is 12.7. The fourth-order valence-electron chi connectivity index (χ4n) is 3.22. The van der Waals surface area contributed by atoms with Crippen LogP contribution in [0.1, 0.15) is 18.4 Å². The van der Waals surface area contributed by atoms with Crippen LogP contribution in [0.15, 0.2) is 52.5 Å². The second-order valence-electron chi connectivity index (χ2n) is 6.88. The van der Waals surface area contributed by atoms with Crippen LogP contribution in [0.2, 0.25) is 5.02 Å². The Labute approximate surface area is 186 Å². The molecule has 3 rings (SSSR count). The minimum absolute atomic E-state index is 0.177. The summed E-state index contributed by atoms with van der Waals surface area (Å²) in [6.07, 6.45) is 2.09. The SMILES string of the molecule is COc1ccc(/C=N/OC(=O)C2CCN(S(=O)(=O)c3ccc(Cl)cc3)CC2)c(OC)c1. The summed E-state index contributed by atoms with van der Waals surface area (Å²) in [5, 5.41) is 4.23. The van der Waals surface area contributed by atoms with Gasteiger partial charge in [-0.15, -0.1) is 0 Å². The van der Waals surface area contributed by atoms with Crippen LogP contribution >= 0.6 is 11.6 Å². The predicted octanol–water partition coefficient (Wildman–Crippen LogP) is 3.34. The Morgan fingerprint density at radius 2 is 1.77 bits per heavy atom.